The highest BCUT2D eigenvalue weighted by molar-refractivity contribution is 7.17. The number of hydrogen-bond acceptors (Lipinski definition) is 4. The summed E-state index contributed by atoms with van der Waals surface area (Å²) >= 11 is 1.46. The van der Waals surface area contributed by atoms with Crippen molar-refractivity contribution in [1.82, 2.24) is 14.8 Å². The topological polar surface area (TPSA) is 36.4 Å². The van der Waals surface area contributed by atoms with Crippen LogP contribution in [-0.4, -0.2) is 46.9 Å². The van der Waals surface area contributed by atoms with Gasteiger partial charge in [0, 0.05) is 50.0 Å². The van der Waals surface area contributed by atoms with E-state index in [2.05, 4.69) is 16.0 Å². The average Bonchev–Trinajstić information content (AvgIpc) is 3.20. The Morgan fingerprint density at radius 3 is 2.52 bits per heavy atom. The summed E-state index contributed by atoms with van der Waals surface area (Å²) in [7, 11) is 0. The lowest BCUT2D eigenvalue weighted by molar-refractivity contribution is 0.0633. The molecule has 0 spiro atoms. The smallest absolute Gasteiger partial charge is 0.264 e. The van der Waals surface area contributed by atoms with Crippen molar-refractivity contribution in [3.05, 3.63) is 77.2 Å². The zero-order chi connectivity index (χ0) is 18.6. The first-order chi connectivity index (χ1) is 13.2. The highest BCUT2D eigenvalue weighted by Gasteiger charge is 2.23. The predicted molar refractivity (Wildman–Crippen MR) is 105 cm³/mol. The molecule has 2 aromatic heterocycles. The van der Waals surface area contributed by atoms with E-state index in [0.29, 0.717) is 0 Å². The van der Waals surface area contributed by atoms with E-state index in [9.17, 15) is 9.18 Å². The van der Waals surface area contributed by atoms with Crippen molar-refractivity contribution in [1.29, 1.82) is 0 Å². The number of aromatic nitrogens is 1. The van der Waals surface area contributed by atoms with Crippen LogP contribution < -0.4 is 0 Å². The summed E-state index contributed by atoms with van der Waals surface area (Å²) in [4.78, 5) is 22.9. The molecule has 0 atom stereocenters. The minimum absolute atomic E-state index is 0.0781. The predicted octanol–water partition coefficient (Wildman–Crippen LogP) is 3.91. The number of thiophene rings is 1. The van der Waals surface area contributed by atoms with Gasteiger partial charge in [-0.15, -0.1) is 11.3 Å². The zero-order valence-electron chi connectivity index (χ0n) is 14.8. The SMILES string of the molecule is O=C(c1ccc(-c2ccc(F)cc2)s1)N1CCN(Cc2cccnc2)CC1. The lowest BCUT2D eigenvalue weighted by atomic mass is 10.2. The second-order valence-corrected chi connectivity index (χ2v) is 7.68. The summed E-state index contributed by atoms with van der Waals surface area (Å²) in [6.45, 7) is 4.03. The number of hydrogen-bond donors (Lipinski definition) is 0. The summed E-state index contributed by atoms with van der Waals surface area (Å²) in [6.07, 6.45) is 3.67. The molecule has 0 bridgehead atoms. The third kappa shape index (κ3) is 4.23. The van der Waals surface area contributed by atoms with Crippen LogP contribution in [0, 0.1) is 5.82 Å². The summed E-state index contributed by atoms with van der Waals surface area (Å²) < 4.78 is 13.1. The fourth-order valence-corrected chi connectivity index (χ4v) is 4.22. The van der Waals surface area contributed by atoms with Gasteiger partial charge in [-0.1, -0.05) is 18.2 Å². The van der Waals surface area contributed by atoms with Gasteiger partial charge in [-0.2, -0.15) is 0 Å². The lowest BCUT2D eigenvalue weighted by Gasteiger charge is -2.34. The molecule has 1 saturated heterocycles. The van der Waals surface area contributed by atoms with Crippen LogP contribution >= 0.6 is 11.3 Å². The second kappa shape index (κ2) is 7.98. The van der Waals surface area contributed by atoms with Crippen molar-refractivity contribution in [2.24, 2.45) is 0 Å². The first-order valence-corrected chi connectivity index (χ1v) is 9.77. The minimum Gasteiger partial charge on any atom is -0.335 e. The van der Waals surface area contributed by atoms with Crippen LogP contribution in [0.5, 0.6) is 0 Å². The van der Waals surface area contributed by atoms with Gasteiger partial charge in [0.2, 0.25) is 0 Å². The third-order valence-electron chi connectivity index (χ3n) is 4.73. The maximum absolute atomic E-state index is 13.1. The molecule has 138 valence electrons. The quantitative estimate of drug-likeness (QED) is 0.688. The Hall–Kier alpha value is -2.57. The molecule has 1 aliphatic heterocycles. The second-order valence-electron chi connectivity index (χ2n) is 6.60. The molecule has 4 rings (SSSR count). The Labute approximate surface area is 161 Å². The van der Waals surface area contributed by atoms with Gasteiger partial charge in [-0.25, -0.2) is 4.39 Å². The molecule has 1 aliphatic rings. The Bertz CT molecular complexity index is 903. The molecule has 1 aromatic carbocycles. The first kappa shape index (κ1) is 17.8. The molecule has 0 radical (unpaired) electrons. The van der Waals surface area contributed by atoms with Crippen LogP contribution in [-0.2, 0) is 6.54 Å². The van der Waals surface area contributed by atoms with Crippen molar-refractivity contribution in [2.45, 2.75) is 6.54 Å². The minimum atomic E-state index is -0.254. The molecule has 6 heteroatoms. The maximum atomic E-state index is 13.1. The standard InChI is InChI=1S/C21H20FN3OS/c22-18-5-3-17(4-6-18)19-7-8-20(27-19)21(26)25-12-10-24(11-13-25)15-16-2-1-9-23-14-16/h1-9,14H,10-13,15H2. The zero-order valence-corrected chi connectivity index (χ0v) is 15.7. The number of benzene rings is 1. The normalized spacial score (nSPS) is 15.1. The number of pyridine rings is 1. The third-order valence-corrected chi connectivity index (χ3v) is 5.86. The molecule has 0 aliphatic carbocycles. The molecule has 1 fully saturated rings. The van der Waals surface area contributed by atoms with E-state index in [1.54, 1.807) is 18.3 Å². The number of rotatable bonds is 4. The molecule has 0 unspecified atom stereocenters. The summed E-state index contributed by atoms with van der Waals surface area (Å²) in [5.74, 6) is -0.176. The van der Waals surface area contributed by atoms with Crippen LogP contribution in [0.25, 0.3) is 10.4 Å². The number of carbonyl (C=O) groups excluding carboxylic acids is 1. The summed E-state index contributed by atoms with van der Waals surface area (Å²) in [6, 6.07) is 14.2. The van der Waals surface area contributed by atoms with Crippen LogP contribution in [0.2, 0.25) is 0 Å². The molecule has 3 aromatic rings. The monoisotopic (exact) mass is 381 g/mol. The highest BCUT2D eigenvalue weighted by atomic mass is 32.1. The van der Waals surface area contributed by atoms with E-state index in [-0.39, 0.29) is 11.7 Å². The Kier molecular flexibility index (Phi) is 5.27. The molecule has 4 nitrogen and oxygen atoms in total. The van der Waals surface area contributed by atoms with Gasteiger partial charge >= 0.3 is 0 Å². The number of halogens is 1. The van der Waals surface area contributed by atoms with Gasteiger partial charge < -0.3 is 4.90 Å². The van der Waals surface area contributed by atoms with Crippen LogP contribution in [0.1, 0.15) is 15.2 Å². The van der Waals surface area contributed by atoms with Crippen LogP contribution in [0.15, 0.2) is 60.9 Å². The summed E-state index contributed by atoms with van der Waals surface area (Å²) in [5.41, 5.74) is 2.13. The Morgan fingerprint density at radius 1 is 1.04 bits per heavy atom. The van der Waals surface area contributed by atoms with Gasteiger partial charge in [0.1, 0.15) is 5.82 Å². The molecule has 0 saturated carbocycles. The van der Waals surface area contributed by atoms with Crippen molar-refractivity contribution in [3.8, 4) is 10.4 Å². The van der Waals surface area contributed by atoms with E-state index in [0.717, 1.165) is 48.0 Å². The molecule has 0 N–H and O–H groups in total. The first-order valence-electron chi connectivity index (χ1n) is 8.95. The Morgan fingerprint density at radius 2 is 1.81 bits per heavy atom. The largest absolute Gasteiger partial charge is 0.335 e. The van der Waals surface area contributed by atoms with Gasteiger partial charge in [-0.3, -0.25) is 14.7 Å². The van der Waals surface area contributed by atoms with E-state index < -0.39 is 0 Å². The van der Waals surface area contributed by atoms with Gasteiger partial charge in [-0.05, 0) is 41.5 Å². The van der Waals surface area contributed by atoms with E-state index in [1.165, 1.54) is 29.0 Å². The number of carbonyl (C=O) groups is 1. The number of amides is 1. The number of piperazine rings is 1. The van der Waals surface area contributed by atoms with Crippen LogP contribution in [0.3, 0.4) is 0 Å². The Balaban J connectivity index is 1.36. The van der Waals surface area contributed by atoms with Crippen molar-refractivity contribution >= 4 is 17.2 Å². The average molecular weight is 381 g/mol. The maximum Gasteiger partial charge on any atom is 0.264 e. The van der Waals surface area contributed by atoms with E-state index in [1.807, 2.05) is 29.3 Å². The highest BCUT2D eigenvalue weighted by Crippen LogP contribution is 2.29. The van der Waals surface area contributed by atoms with Crippen molar-refractivity contribution in [2.75, 3.05) is 26.2 Å². The van der Waals surface area contributed by atoms with Gasteiger partial charge in [0.05, 0.1) is 4.88 Å². The van der Waals surface area contributed by atoms with Gasteiger partial charge in [0.15, 0.2) is 0 Å². The number of nitrogens with zero attached hydrogens (tertiary/aromatic N) is 3. The fraction of sp³-hybridized carbons (Fsp3) is 0.238. The van der Waals surface area contributed by atoms with E-state index >= 15 is 0 Å². The van der Waals surface area contributed by atoms with E-state index in [4.69, 9.17) is 0 Å². The molecular formula is C21H20FN3OS. The van der Waals surface area contributed by atoms with Crippen molar-refractivity contribution in [3.63, 3.8) is 0 Å². The fourth-order valence-electron chi connectivity index (χ4n) is 3.24. The van der Waals surface area contributed by atoms with Crippen molar-refractivity contribution < 1.29 is 9.18 Å². The van der Waals surface area contributed by atoms with Crippen LogP contribution in [0.4, 0.5) is 4.39 Å². The molecule has 3 heterocycles. The molecular weight excluding hydrogens is 361 g/mol. The lowest BCUT2D eigenvalue weighted by Crippen LogP contribution is -2.48. The molecule has 1 amide bonds. The molecule has 27 heavy (non-hydrogen) atoms. The van der Waals surface area contributed by atoms with Gasteiger partial charge in [0.25, 0.3) is 5.91 Å². The summed E-state index contributed by atoms with van der Waals surface area (Å²) in [5, 5.41) is 0.